The summed E-state index contributed by atoms with van der Waals surface area (Å²) in [6.07, 6.45) is 1.02. The number of nitrogens with one attached hydrogen (secondary N) is 1. The Labute approximate surface area is 153 Å². The van der Waals surface area contributed by atoms with E-state index >= 15 is 0 Å². The van der Waals surface area contributed by atoms with Crippen LogP contribution in [0, 0.1) is 0 Å². The number of hydrogen-bond donors (Lipinski definition) is 1. The molecule has 0 aliphatic heterocycles. The molecule has 4 nitrogen and oxygen atoms in total. The first-order valence-electron chi connectivity index (χ1n) is 8.49. The summed E-state index contributed by atoms with van der Waals surface area (Å²) < 4.78 is 11.1. The van der Waals surface area contributed by atoms with Crippen molar-refractivity contribution in [2.24, 2.45) is 0 Å². The number of carbonyl (C=O) groups excluding carboxylic acids is 1. The molecule has 0 fully saturated rings. The summed E-state index contributed by atoms with van der Waals surface area (Å²) in [5, 5.41) is 2.91. The van der Waals surface area contributed by atoms with Crippen molar-refractivity contribution in [1.82, 2.24) is 0 Å². The number of anilines is 1. The highest BCUT2D eigenvalue weighted by Crippen LogP contribution is 2.23. The van der Waals surface area contributed by atoms with Crippen LogP contribution in [-0.2, 0) is 11.2 Å². The van der Waals surface area contributed by atoms with Gasteiger partial charge >= 0.3 is 0 Å². The molecule has 0 atom stereocenters. The summed E-state index contributed by atoms with van der Waals surface area (Å²) in [6, 6.07) is 24.7. The maximum absolute atomic E-state index is 12.2. The fraction of sp³-hybridized carbons (Fsp3) is 0.136. The molecule has 0 aliphatic rings. The van der Waals surface area contributed by atoms with Crippen molar-refractivity contribution in [2.75, 3.05) is 12.4 Å². The number of amides is 1. The first kappa shape index (κ1) is 17.5. The summed E-state index contributed by atoms with van der Waals surface area (Å²) >= 11 is 0. The molecule has 0 radical (unpaired) electrons. The lowest BCUT2D eigenvalue weighted by atomic mass is 10.1. The van der Waals surface area contributed by atoms with E-state index in [0.29, 0.717) is 12.8 Å². The van der Waals surface area contributed by atoms with Crippen molar-refractivity contribution < 1.29 is 14.3 Å². The van der Waals surface area contributed by atoms with E-state index in [4.69, 9.17) is 9.47 Å². The molecular formula is C22H21NO3. The monoisotopic (exact) mass is 347 g/mol. The molecule has 0 aliphatic carbocycles. The van der Waals surface area contributed by atoms with Gasteiger partial charge in [-0.1, -0.05) is 36.4 Å². The molecule has 0 heterocycles. The van der Waals surface area contributed by atoms with Gasteiger partial charge in [0.2, 0.25) is 5.91 Å². The van der Waals surface area contributed by atoms with Crippen molar-refractivity contribution in [3.8, 4) is 17.2 Å². The zero-order valence-corrected chi connectivity index (χ0v) is 14.6. The molecule has 0 aromatic heterocycles. The second kappa shape index (κ2) is 8.72. The minimum atomic E-state index is -0.0346. The third-order valence-electron chi connectivity index (χ3n) is 3.93. The van der Waals surface area contributed by atoms with Gasteiger partial charge in [0.25, 0.3) is 0 Å². The zero-order valence-electron chi connectivity index (χ0n) is 14.6. The van der Waals surface area contributed by atoms with Gasteiger partial charge in [-0.3, -0.25) is 4.79 Å². The summed E-state index contributed by atoms with van der Waals surface area (Å²) in [7, 11) is 1.64. The molecule has 3 aromatic rings. The molecule has 1 N–H and O–H groups in total. The SMILES string of the molecule is COc1ccccc1CCC(=O)Nc1ccc(Oc2ccccc2)cc1. The maximum Gasteiger partial charge on any atom is 0.224 e. The van der Waals surface area contributed by atoms with Gasteiger partial charge in [-0.2, -0.15) is 0 Å². The summed E-state index contributed by atoms with van der Waals surface area (Å²) in [6.45, 7) is 0. The number of rotatable bonds is 7. The van der Waals surface area contributed by atoms with E-state index in [1.54, 1.807) is 7.11 Å². The molecule has 4 heteroatoms. The topological polar surface area (TPSA) is 47.6 Å². The van der Waals surface area contributed by atoms with Crippen LogP contribution in [0.2, 0.25) is 0 Å². The Bertz CT molecular complexity index is 845. The van der Waals surface area contributed by atoms with Gasteiger partial charge in [-0.15, -0.1) is 0 Å². The van der Waals surface area contributed by atoms with Gasteiger partial charge < -0.3 is 14.8 Å². The Morgan fingerprint density at radius 1 is 0.846 bits per heavy atom. The lowest BCUT2D eigenvalue weighted by Crippen LogP contribution is -2.12. The quantitative estimate of drug-likeness (QED) is 0.650. The van der Waals surface area contributed by atoms with E-state index in [1.165, 1.54) is 0 Å². The van der Waals surface area contributed by atoms with Crippen LogP contribution in [0.15, 0.2) is 78.9 Å². The average Bonchev–Trinajstić information content (AvgIpc) is 2.69. The van der Waals surface area contributed by atoms with Crippen LogP contribution >= 0.6 is 0 Å². The van der Waals surface area contributed by atoms with Crippen molar-refractivity contribution in [2.45, 2.75) is 12.8 Å². The molecule has 3 rings (SSSR count). The van der Waals surface area contributed by atoms with E-state index in [-0.39, 0.29) is 5.91 Å². The number of benzene rings is 3. The largest absolute Gasteiger partial charge is 0.496 e. The Hall–Kier alpha value is -3.27. The maximum atomic E-state index is 12.2. The molecule has 1 amide bonds. The van der Waals surface area contributed by atoms with E-state index in [0.717, 1.165) is 28.5 Å². The van der Waals surface area contributed by atoms with Gasteiger partial charge in [0.05, 0.1) is 7.11 Å². The summed E-state index contributed by atoms with van der Waals surface area (Å²) in [5.74, 6) is 2.28. The molecule has 0 unspecified atom stereocenters. The predicted octanol–water partition coefficient (Wildman–Crippen LogP) is 5.06. The predicted molar refractivity (Wildman–Crippen MR) is 103 cm³/mol. The molecule has 0 saturated heterocycles. The van der Waals surface area contributed by atoms with Crippen LogP contribution in [0.25, 0.3) is 0 Å². The van der Waals surface area contributed by atoms with Crippen LogP contribution in [0.1, 0.15) is 12.0 Å². The number of ether oxygens (including phenoxy) is 2. The Balaban J connectivity index is 1.53. The molecule has 26 heavy (non-hydrogen) atoms. The molecule has 0 saturated carbocycles. The fourth-order valence-corrected chi connectivity index (χ4v) is 2.61. The van der Waals surface area contributed by atoms with E-state index < -0.39 is 0 Å². The number of hydrogen-bond acceptors (Lipinski definition) is 3. The highest BCUT2D eigenvalue weighted by molar-refractivity contribution is 5.90. The van der Waals surface area contributed by atoms with E-state index in [1.807, 2.05) is 78.9 Å². The first-order valence-corrected chi connectivity index (χ1v) is 8.49. The van der Waals surface area contributed by atoms with Crippen molar-refractivity contribution in [1.29, 1.82) is 0 Å². The van der Waals surface area contributed by atoms with Crippen LogP contribution in [0.3, 0.4) is 0 Å². The van der Waals surface area contributed by atoms with Gasteiger partial charge in [0.15, 0.2) is 0 Å². The smallest absolute Gasteiger partial charge is 0.224 e. The number of methoxy groups -OCH3 is 1. The minimum absolute atomic E-state index is 0.0346. The second-order valence-electron chi connectivity index (χ2n) is 5.80. The Kier molecular flexibility index (Phi) is 5.88. The third-order valence-corrected chi connectivity index (χ3v) is 3.93. The van der Waals surface area contributed by atoms with Crippen LogP contribution < -0.4 is 14.8 Å². The highest BCUT2D eigenvalue weighted by Gasteiger charge is 2.07. The molecule has 3 aromatic carbocycles. The lowest BCUT2D eigenvalue weighted by molar-refractivity contribution is -0.116. The van der Waals surface area contributed by atoms with Gasteiger partial charge in [-0.05, 0) is 54.4 Å². The lowest BCUT2D eigenvalue weighted by Gasteiger charge is -2.09. The number of carbonyl (C=O) groups is 1. The van der Waals surface area contributed by atoms with E-state index in [9.17, 15) is 4.79 Å². The summed E-state index contributed by atoms with van der Waals surface area (Å²) in [4.78, 5) is 12.2. The number of aryl methyl sites for hydroxylation is 1. The van der Waals surface area contributed by atoms with Crippen molar-refractivity contribution in [3.05, 3.63) is 84.4 Å². The zero-order chi connectivity index (χ0) is 18.2. The van der Waals surface area contributed by atoms with Gasteiger partial charge in [0, 0.05) is 12.1 Å². The average molecular weight is 347 g/mol. The molecule has 0 bridgehead atoms. The van der Waals surface area contributed by atoms with Crippen LogP contribution in [0.5, 0.6) is 17.2 Å². The van der Waals surface area contributed by atoms with Gasteiger partial charge in [0.1, 0.15) is 17.2 Å². The molecular weight excluding hydrogens is 326 g/mol. The standard InChI is InChI=1S/C22H21NO3/c1-25-21-10-6-5-7-17(21)11-16-22(24)23-18-12-14-20(15-13-18)26-19-8-3-2-4-9-19/h2-10,12-15H,11,16H2,1H3,(H,23,24). The van der Waals surface area contributed by atoms with Crippen molar-refractivity contribution >= 4 is 11.6 Å². The highest BCUT2D eigenvalue weighted by atomic mass is 16.5. The normalized spacial score (nSPS) is 10.2. The first-order chi connectivity index (χ1) is 12.7. The fourth-order valence-electron chi connectivity index (χ4n) is 2.61. The Morgan fingerprint density at radius 2 is 1.50 bits per heavy atom. The summed E-state index contributed by atoms with van der Waals surface area (Å²) in [5.41, 5.74) is 1.77. The Morgan fingerprint density at radius 3 is 2.23 bits per heavy atom. The van der Waals surface area contributed by atoms with E-state index in [2.05, 4.69) is 5.32 Å². The number of para-hydroxylation sites is 2. The molecule has 132 valence electrons. The third kappa shape index (κ3) is 4.86. The van der Waals surface area contributed by atoms with Crippen molar-refractivity contribution in [3.63, 3.8) is 0 Å². The second-order valence-corrected chi connectivity index (χ2v) is 5.80. The minimum Gasteiger partial charge on any atom is -0.496 e. The van der Waals surface area contributed by atoms with Crippen LogP contribution in [0.4, 0.5) is 5.69 Å². The molecule has 0 spiro atoms. The van der Waals surface area contributed by atoms with Crippen LogP contribution in [-0.4, -0.2) is 13.0 Å². The van der Waals surface area contributed by atoms with Gasteiger partial charge in [-0.25, -0.2) is 0 Å².